The Morgan fingerprint density at radius 1 is 1.56 bits per heavy atom. The largest absolute Gasteiger partial charge is 0.480 e. The van der Waals surface area contributed by atoms with Crippen molar-refractivity contribution in [2.75, 3.05) is 6.54 Å². The first-order chi connectivity index (χ1) is 7.38. The molecule has 3 amide bonds. The average molecular weight is 231 g/mol. The predicted molar refractivity (Wildman–Crippen MR) is 56.6 cm³/mol. The van der Waals surface area contributed by atoms with E-state index in [1.165, 1.54) is 0 Å². The summed E-state index contributed by atoms with van der Waals surface area (Å²) in [7, 11) is 0. The quantitative estimate of drug-likeness (QED) is 0.477. The molecule has 0 saturated carbocycles. The number of hydrogen-bond acceptors (Lipinski definition) is 4. The van der Waals surface area contributed by atoms with Gasteiger partial charge in [0.05, 0.1) is 6.54 Å². The fourth-order valence-corrected chi connectivity index (χ4v) is 0.873. The Kier molecular flexibility index (Phi) is 6.09. The number of rotatable bonds is 3. The molecule has 0 aromatic rings. The van der Waals surface area contributed by atoms with Gasteiger partial charge in [0.25, 0.3) is 0 Å². The van der Waals surface area contributed by atoms with Crippen LogP contribution in [-0.4, -0.2) is 35.6 Å². The molecule has 7 heteroatoms. The zero-order valence-corrected chi connectivity index (χ0v) is 9.32. The van der Waals surface area contributed by atoms with E-state index in [1.54, 1.807) is 0 Å². The van der Waals surface area contributed by atoms with Crippen LogP contribution >= 0.6 is 0 Å². The van der Waals surface area contributed by atoms with E-state index in [1.807, 2.05) is 19.2 Å². The Balaban J connectivity index is 0.000000288. The van der Waals surface area contributed by atoms with Crippen LogP contribution in [0.3, 0.4) is 0 Å². The second kappa shape index (κ2) is 6.78. The van der Waals surface area contributed by atoms with Crippen LogP contribution in [0.25, 0.3) is 0 Å². The number of carbonyl (C=O) groups excluding carboxylic acids is 2. The highest BCUT2D eigenvalue weighted by Crippen LogP contribution is 2.04. The number of amides is 3. The van der Waals surface area contributed by atoms with Crippen LogP contribution in [0.4, 0.5) is 4.79 Å². The summed E-state index contributed by atoms with van der Waals surface area (Å²) in [6.07, 6.45) is 0.813. The first kappa shape index (κ1) is 14.4. The van der Waals surface area contributed by atoms with Crippen molar-refractivity contribution in [2.24, 2.45) is 11.7 Å². The summed E-state index contributed by atoms with van der Waals surface area (Å²) >= 11 is 0. The maximum Gasteiger partial charge on any atom is 0.321 e. The van der Waals surface area contributed by atoms with Gasteiger partial charge in [0, 0.05) is 0 Å². The minimum absolute atomic E-state index is 0.0718. The summed E-state index contributed by atoms with van der Waals surface area (Å²) in [6, 6.07) is -1.10. The number of carboxylic acid groups (broad SMARTS) is 1. The summed E-state index contributed by atoms with van der Waals surface area (Å²) in [5.74, 6) is -1.10. The van der Waals surface area contributed by atoms with Gasteiger partial charge in [0.2, 0.25) is 5.91 Å². The molecule has 16 heavy (non-hydrogen) atoms. The van der Waals surface area contributed by atoms with Crippen molar-refractivity contribution in [3.05, 3.63) is 0 Å². The highest BCUT2D eigenvalue weighted by atomic mass is 16.4. The molecule has 1 saturated heterocycles. The first-order valence-corrected chi connectivity index (χ1v) is 4.94. The monoisotopic (exact) mass is 231 g/mol. The predicted octanol–water partition coefficient (Wildman–Crippen LogP) is -0.730. The van der Waals surface area contributed by atoms with Gasteiger partial charge in [0.15, 0.2) is 0 Å². The van der Waals surface area contributed by atoms with Crippen LogP contribution in [-0.2, 0) is 9.59 Å². The lowest BCUT2D eigenvalue weighted by molar-refractivity contribution is -0.139. The van der Waals surface area contributed by atoms with E-state index in [0.29, 0.717) is 0 Å². The number of carbonyl (C=O) groups is 3. The van der Waals surface area contributed by atoms with E-state index in [9.17, 15) is 14.4 Å². The zero-order chi connectivity index (χ0) is 12.7. The van der Waals surface area contributed by atoms with E-state index in [-0.39, 0.29) is 18.4 Å². The number of aliphatic carboxylic acids is 1. The number of nitrogens with two attached hydrogens (primary N) is 1. The molecule has 0 aromatic heterocycles. The second-order valence-corrected chi connectivity index (χ2v) is 3.48. The smallest absolute Gasteiger partial charge is 0.321 e. The van der Waals surface area contributed by atoms with Crippen molar-refractivity contribution >= 4 is 17.9 Å². The summed E-state index contributed by atoms with van der Waals surface area (Å²) in [6.45, 7) is 3.88. The van der Waals surface area contributed by atoms with E-state index in [2.05, 4.69) is 5.32 Å². The van der Waals surface area contributed by atoms with Crippen molar-refractivity contribution in [1.29, 1.82) is 0 Å². The molecule has 0 spiro atoms. The maximum atomic E-state index is 10.2. The molecule has 92 valence electrons. The van der Waals surface area contributed by atoms with Gasteiger partial charge in [-0.3, -0.25) is 14.9 Å². The Morgan fingerprint density at radius 3 is 2.25 bits per heavy atom. The van der Waals surface area contributed by atoms with Gasteiger partial charge < -0.3 is 16.2 Å². The number of urea groups is 1. The normalized spacial score (nSPS) is 17.7. The summed E-state index contributed by atoms with van der Waals surface area (Å²) < 4.78 is 0. The lowest BCUT2D eigenvalue weighted by Gasteiger charge is -2.11. The Hall–Kier alpha value is -1.63. The lowest BCUT2D eigenvalue weighted by atomic mass is 10.0. The molecule has 0 aromatic carbocycles. The van der Waals surface area contributed by atoms with Gasteiger partial charge in [-0.25, -0.2) is 4.79 Å². The molecule has 1 heterocycles. The lowest BCUT2D eigenvalue weighted by Crippen LogP contribution is -2.36. The minimum atomic E-state index is -0.913. The first-order valence-electron chi connectivity index (χ1n) is 4.94. The molecule has 2 unspecified atom stereocenters. The Morgan fingerprint density at radius 2 is 2.12 bits per heavy atom. The van der Waals surface area contributed by atoms with Crippen molar-refractivity contribution < 1.29 is 19.5 Å². The highest BCUT2D eigenvalue weighted by Gasteiger charge is 2.17. The van der Waals surface area contributed by atoms with Gasteiger partial charge in [-0.2, -0.15) is 0 Å². The number of imide groups is 1. The molecule has 1 aliphatic heterocycles. The third-order valence-corrected chi connectivity index (χ3v) is 2.20. The summed E-state index contributed by atoms with van der Waals surface area (Å²) in [5, 5.41) is 12.7. The number of hydrogen-bond donors (Lipinski definition) is 4. The van der Waals surface area contributed by atoms with Crippen LogP contribution in [0.5, 0.6) is 0 Å². The standard InChI is InChI=1S/C6H13NO2.C3H4N2O2/c1-3-4(2)5(7)6(8)9;6-2-1-4-3(7)5-2/h4-5H,3,7H2,1-2H3,(H,8,9);1H2,(H2,4,5,6,7). The third-order valence-electron chi connectivity index (χ3n) is 2.20. The van der Waals surface area contributed by atoms with Gasteiger partial charge in [-0.15, -0.1) is 0 Å². The number of carboxylic acids is 1. The molecule has 1 rings (SSSR count). The Labute approximate surface area is 93.4 Å². The van der Waals surface area contributed by atoms with Crippen LogP contribution in [0.15, 0.2) is 0 Å². The van der Waals surface area contributed by atoms with Crippen molar-refractivity contribution in [2.45, 2.75) is 26.3 Å². The molecular formula is C9H17N3O4. The SMILES string of the molecule is CCC(C)C(N)C(=O)O.O=C1CNC(=O)N1. The molecule has 1 fully saturated rings. The van der Waals surface area contributed by atoms with E-state index >= 15 is 0 Å². The Bertz CT molecular complexity index is 266. The van der Waals surface area contributed by atoms with Crippen molar-refractivity contribution in [3.63, 3.8) is 0 Å². The van der Waals surface area contributed by atoms with Gasteiger partial charge in [0.1, 0.15) is 6.04 Å². The van der Waals surface area contributed by atoms with Gasteiger partial charge in [-0.1, -0.05) is 20.3 Å². The molecule has 7 nitrogen and oxygen atoms in total. The van der Waals surface area contributed by atoms with Crippen LogP contribution in [0.2, 0.25) is 0 Å². The van der Waals surface area contributed by atoms with E-state index in [0.717, 1.165) is 6.42 Å². The molecule has 5 N–H and O–H groups in total. The van der Waals surface area contributed by atoms with E-state index in [4.69, 9.17) is 10.8 Å². The molecule has 0 radical (unpaired) electrons. The molecule has 1 aliphatic rings. The molecular weight excluding hydrogens is 214 g/mol. The van der Waals surface area contributed by atoms with Crippen LogP contribution in [0, 0.1) is 5.92 Å². The fraction of sp³-hybridized carbons (Fsp3) is 0.667. The molecule has 0 bridgehead atoms. The van der Waals surface area contributed by atoms with Gasteiger partial charge in [-0.05, 0) is 5.92 Å². The van der Waals surface area contributed by atoms with Crippen molar-refractivity contribution in [1.82, 2.24) is 10.6 Å². The minimum Gasteiger partial charge on any atom is -0.480 e. The second-order valence-electron chi connectivity index (χ2n) is 3.48. The van der Waals surface area contributed by atoms with Gasteiger partial charge >= 0.3 is 12.0 Å². The third kappa shape index (κ3) is 5.30. The fourth-order valence-electron chi connectivity index (χ4n) is 0.873. The molecule has 0 aliphatic carbocycles. The number of nitrogens with one attached hydrogen (secondary N) is 2. The maximum absolute atomic E-state index is 10.2. The zero-order valence-electron chi connectivity index (χ0n) is 9.32. The highest BCUT2D eigenvalue weighted by molar-refractivity contribution is 6.01. The summed E-state index contributed by atoms with van der Waals surface area (Å²) in [4.78, 5) is 30.2. The topological polar surface area (TPSA) is 122 Å². The molecule has 2 atom stereocenters. The van der Waals surface area contributed by atoms with E-state index < -0.39 is 18.0 Å². The average Bonchev–Trinajstić information content (AvgIpc) is 2.61. The van der Waals surface area contributed by atoms with Crippen LogP contribution < -0.4 is 16.4 Å². The van der Waals surface area contributed by atoms with Crippen molar-refractivity contribution in [3.8, 4) is 0 Å². The summed E-state index contributed by atoms with van der Waals surface area (Å²) in [5.41, 5.74) is 5.27. The van der Waals surface area contributed by atoms with Crippen LogP contribution in [0.1, 0.15) is 20.3 Å².